The van der Waals surface area contributed by atoms with Crippen LogP contribution in [0.1, 0.15) is 36.9 Å². The van der Waals surface area contributed by atoms with Crippen LogP contribution in [0.5, 0.6) is 6.01 Å². The van der Waals surface area contributed by atoms with E-state index in [1.165, 1.54) is 32.1 Å². The molecule has 2 aromatic carbocycles. The minimum absolute atomic E-state index is 0.0379. The fraction of sp³-hybridized carbons (Fsp3) is 0.421. The van der Waals surface area contributed by atoms with Gasteiger partial charge in [0.05, 0.1) is 31.6 Å². The van der Waals surface area contributed by atoms with Gasteiger partial charge in [-0.2, -0.15) is 15.0 Å². The maximum atomic E-state index is 16.2. The Morgan fingerprint density at radius 2 is 1.94 bits per heavy atom. The highest BCUT2D eigenvalue weighted by molar-refractivity contribution is 6.36. The number of methoxy groups -OCH3 is 1. The molecular weight excluding hydrogens is 706 g/mol. The first kappa shape index (κ1) is 35.3. The Labute approximate surface area is 309 Å². The number of likely N-dealkylation sites (tertiary alicyclic amines) is 1. The molecule has 3 aromatic heterocycles. The van der Waals surface area contributed by atoms with Crippen LogP contribution >= 0.6 is 11.6 Å². The smallest absolute Gasteiger partial charge is 0.318 e. The second-order valence-electron chi connectivity index (χ2n) is 14.0. The number of ether oxygens (including phenoxy) is 2. The van der Waals surface area contributed by atoms with Gasteiger partial charge in [0, 0.05) is 79.5 Å². The Bertz CT molecular complexity index is 2160. The molecule has 0 saturated carbocycles. The number of anilines is 1. The molecule has 12 nitrogen and oxygen atoms in total. The fourth-order valence-electron chi connectivity index (χ4n) is 7.56. The van der Waals surface area contributed by atoms with Crippen molar-refractivity contribution in [1.29, 1.82) is 0 Å². The number of nitrogens with zero attached hydrogens (tertiary/aromatic N) is 8. The summed E-state index contributed by atoms with van der Waals surface area (Å²) in [5.41, 5.74) is 0.804. The van der Waals surface area contributed by atoms with E-state index >= 15 is 4.39 Å². The molecular formula is C38H39ClF2N8O4. The molecule has 15 heteroatoms. The molecule has 0 aliphatic carbocycles. The van der Waals surface area contributed by atoms with Crippen molar-refractivity contribution >= 4 is 51.1 Å². The second-order valence-corrected chi connectivity index (χ2v) is 14.4. The van der Waals surface area contributed by atoms with Crippen LogP contribution < -0.4 is 9.64 Å². The van der Waals surface area contributed by atoms with Crippen LogP contribution in [0.4, 0.5) is 14.6 Å². The summed E-state index contributed by atoms with van der Waals surface area (Å²) in [4.78, 5) is 36.3. The third-order valence-electron chi connectivity index (χ3n) is 10.4. The number of amides is 1. The van der Waals surface area contributed by atoms with Gasteiger partial charge in [-0.1, -0.05) is 47.1 Å². The average Bonchev–Trinajstić information content (AvgIpc) is 3.85. The monoisotopic (exact) mass is 744 g/mol. The van der Waals surface area contributed by atoms with Gasteiger partial charge in [0.25, 0.3) is 5.89 Å². The van der Waals surface area contributed by atoms with E-state index in [1.54, 1.807) is 23.2 Å². The standard InChI is InChI=1S/C31H27ClFN7O4.C7H12FN/c1-39(12-17-13-40(14-17)24(41)10-9-23-35-29(38-44-23)19-15-43-16-19)30-21-11-34-27(26(33)28(21)36-31(37-30)42-2)20-7-3-5-18-6-4-8-22(32)25(18)20;8-6-4-7-2-1-3-9(7)5-6/h3-11,17,19H,12-16H2,1-2H3;6-7H,1-5H2/b10-9+;. The summed E-state index contributed by atoms with van der Waals surface area (Å²) in [7, 11) is 3.30. The molecule has 0 spiro atoms. The number of halogens is 3. The van der Waals surface area contributed by atoms with Crippen molar-refractivity contribution in [3.05, 3.63) is 71.2 Å². The van der Waals surface area contributed by atoms with Crippen molar-refractivity contribution in [1.82, 2.24) is 34.9 Å². The highest BCUT2D eigenvalue weighted by atomic mass is 35.5. The number of alkyl halides is 1. The summed E-state index contributed by atoms with van der Waals surface area (Å²) in [6.45, 7) is 4.70. The molecule has 53 heavy (non-hydrogen) atoms. The molecule has 5 aromatic rings. The number of pyridine rings is 1. The Kier molecular flexibility index (Phi) is 9.92. The molecule has 4 aliphatic heterocycles. The lowest BCUT2D eigenvalue weighted by Gasteiger charge is -2.40. The second kappa shape index (κ2) is 14.9. The van der Waals surface area contributed by atoms with Crippen molar-refractivity contribution in [2.45, 2.75) is 37.4 Å². The summed E-state index contributed by atoms with van der Waals surface area (Å²) in [6, 6.07) is 11.7. The van der Waals surface area contributed by atoms with E-state index in [0.29, 0.717) is 78.4 Å². The number of benzene rings is 2. The predicted molar refractivity (Wildman–Crippen MR) is 196 cm³/mol. The average molecular weight is 745 g/mol. The van der Waals surface area contributed by atoms with Gasteiger partial charge in [-0.05, 0) is 37.3 Å². The number of rotatable bonds is 8. The molecule has 2 atom stereocenters. The molecule has 2 unspecified atom stereocenters. The first-order chi connectivity index (χ1) is 25.7. The molecule has 4 fully saturated rings. The molecule has 0 radical (unpaired) electrons. The maximum Gasteiger partial charge on any atom is 0.318 e. The Morgan fingerprint density at radius 3 is 2.70 bits per heavy atom. The van der Waals surface area contributed by atoms with Crippen molar-refractivity contribution in [3.8, 4) is 17.3 Å². The molecule has 1 amide bonds. The van der Waals surface area contributed by atoms with Crippen molar-refractivity contribution < 1.29 is 27.6 Å². The third-order valence-corrected chi connectivity index (χ3v) is 10.7. The summed E-state index contributed by atoms with van der Waals surface area (Å²) in [6.07, 6.45) is 7.36. The van der Waals surface area contributed by atoms with Gasteiger partial charge in [0.2, 0.25) is 5.91 Å². The lowest BCUT2D eigenvalue weighted by atomic mass is 9.99. The molecule has 7 heterocycles. The van der Waals surface area contributed by atoms with Crippen LogP contribution in [-0.2, 0) is 9.53 Å². The SMILES string of the molecule is COc1nc(N(C)CC2CN(C(=O)/C=C/c3nc(C4COC4)no3)C2)c2cnc(-c3cccc4cccc(Cl)c34)c(F)c2n1.FC1CC2CCCN2C1. The van der Waals surface area contributed by atoms with Crippen LogP contribution in [-0.4, -0.2) is 113 Å². The minimum atomic E-state index is -0.591. The molecule has 4 saturated heterocycles. The van der Waals surface area contributed by atoms with Gasteiger partial charge < -0.3 is 23.8 Å². The zero-order chi connectivity index (χ0) is 36.6. The zero-order valence-electron chi connectivity index (χ0n) is 29.4. The number of carbonyl (C=O) groups excluding carboxylic acids is 1. The molecule has 276 valence electrons. The van der Waals surface area contributed by atoms with Gasteiger partial charge in [-0.15, -0.1) is 0 Å². The number of fused-ring (bicyclic) bond motifs is 3. The van der Waals surface area contributed by atoms with Crippen molar-refractivity contribution in [2.75, 3.05) is 65.0 Å². The largest absolute Gasteiger partial charge is 0.467 e. The van der Waals surface area contributed by atoms with Crippen LogP contribution in [0.3, 0.4) is 0 Å². The highest BCUT2D eigenvalue weighted by Gasteiger charge is 2.35. The van der Waals surface area contributed by atoms with Crippen LogP contribution in [0.2, 0.25) is 5.02 Å². The Morgan fingerprint density at radius 1 is 1.13 bits per heavy atom. The number of hydrogen-bond acceptors (Lipinski definition) is 11. The topological polar surface area (TPSA) is 123 Å². The lowest BCUT2D eigenvalue weighted by Crippen LogP contribution is -2.53. The van der Waals surface area contributed by atoms with E-state index in [9.17, 15) is 9.18 Å². The van der Waals surface area contributed by atoms with E-state index in [1.807, 2.05) is 36.2 Å². The fourth-order valence-corrected chi connectivity index (χ4v) is 7.85. The third kappa shape index (κ3) is 7.15. The summed E-state index contributed by atoms with van der Waals surface area (Å²) < 4.78 is 44.5. The van der Waals surface area contributed by atoms with Gasteiger partial charge in [-0.3, -0.25) is 14.7 Å². The summed E-state index contributed by atoms with van der Waals surface area (Å²) in [5, 5.41) is 6.49. The Balaban J connectivity index is 0.000000386. The van der Waals surface area contributed by atoms with Crippen molar-refractivity contribution in [3.63, 3.8) is 0 Å². The number of hydrogen-bond donors (Lipinski definition) is 0. The lowest BCUT2D eigenvalue weighted by molar-refractivity contribution is -0.131. The van der Waals surface area contributed by atoms with E-state index in [4.69, 9.17) is 25.6 Å². The van der Waals surface area contributed by atoms with Gasteiger partial charge in [0.15, 0.2) is 11.6 Å². The number of carbonyl (C=O) groups is 1. The maximum absolute atomic E-state index is 16.2. The minimum Gasteiger partial charge on any atom is -0.467 e. The van der Waals surface area contributed by atoms with Gasteiger partial charge in [0.1, 0.15) is 23.2 Å². The molecule has 4 aliphatic rings. The highest BCUT2D eigenvalue weighted by Crippen LogP contribution is 2.37. The number of aromatic nitrogens is 5. The van der Waals surface area contributed by atoms with Crippen molar-refractivity contribution in [2.24, 2.45) is 5.92 Å². The first-order valence-electron chi connectivity index (χ1n) is 17.8. The normalized spacial score (nSPS) is 20.4. The zero-order valence-corrected chi connectivity index (χ0v) is 30.2. The van der Waals surface area contributed by atoms with E-state index in [-0.39, 0.29) is 40.9 Å². The van der Waals surface area contributed by atoms with Gasteiger partial charge in [-0.25, -0.2) is 8.78 Å². The van der Waals surface area contributed by atoms with Crippen LogP contribution in [0.25, 0.3) is 39.0 Å². The first-order valence-corrected chi connectivity index (χ1v) is 18.2. The summed E-state index contributed by atoms with van der Waals surface area (Å²) >= 11 is 6.51. The quantitative estimate of drug-likeness (QED) is 0.175. The van der Waals surface area contributed by atoms with E-state index < -0.39 is 12.0 Å². The Hall–Kier alpha value is -4.79. The van der Waals surface area contributed by atoms with Gasteiger partial charge >= 0.3 is 6.01 Å². The molecule has 9 rings (SSSR count). The predicted octanol–water partition coefficient (Wildman–Crippen LogP) is 5.94. The van der Waals surface area contributed by atoms with Crippen LogP contribution in [0, 0.1) is 11.7 Å². The van der Waals surface area contributed by atoms with Crippen LogP contribution in [0.15, 0.2) is 53.2 Å². The van der Waals surface area contributed by atoms with E-state index in [2.05, 4.69) is 30.0 Å². The molecule has 0 N–H and O–H groups in total. The molecule has 0 bridgehead atoms. The van der Waals surface area contributed by atoms with E-state index in [0.717, 1.165) is 18.4 Å². The summed E-state index contributed by atoms with van der Waals surface area (Å²) in [5.74, 6) is 0.951.